The summed E-state index contributed by atoms with van der Waals surface area (Å²) in [6.45, 7) is 0. The number of halogens is 1. The minimum atomic E-state index is -1.61. The van der Waals surface area contributed by atoms with Crippen molar-refractivity contribution in [3.05, 3.63) is 65.4 Å². The van der Waals surface area contributed by atoms with Gasteiger partial charge in [-0.05, 0) is 24.3 Å². The first-order chi connectivity index (χ1) is 13.4. The number of carbonyl (C=O) groups is 2. The van der Waals surface area contributed by atoms with Crippen LogP contribution in [0.15, 0.2) is 42.7 Å². The van der Waals surface area contributed by atoms with Gasteiger partial charge < -0.3 is 24.5 Å². The summed E-state index contributed by atoms with van der Waals surface area (Å²) in [5.74, 6) is -3.20. The van der Waals surface area contributed by atoms with Crippen molar-refractivity contribution in [2.24, 2.45) is 0 Å². The largest absolute Gasteiger partial charge is 0.545 e. The fourth-order valence-electron chi connectivity index (χ4n) is 2.36. The molecule has 0 atom stereocenters. The molecular weight excluding hydrogens is 369 g/mol. The number of ether oxygens (including phenoxy) is 1. The monoisotopic (exact) mass is 380 g/mol. The molecule has 2 heterocycles. The van der Waals surface area contributed by atoms with Crippen LogP contribution in [0.25, 0.3) is 5.82 Å². The van der Waals surface area contributed by atoms with Crippen molar-refractivity contribution in [3.63, 3.8) is 0 Å². The van der Waals surface area contributed by atoms with Crippen molar-refractivity contribution in [1.29, 1.82) is 5.26 Å². The summed E-state index contributed by atoms with van der Waals surface area (Å²) in [4.78, 5) is 23.6. The van der Waals surface area contributed by atoms with Crippen LogP contribution >= 0.6 is 0 Å². The van der Waals surface area contributed by atoms with Gasteiger partial charge in [0.2, 0.25) is 0 Å². The van der Waals surface area contributed by atoms with Gasteiger partial charge in [-0.3, -0.25) is 4.79 Å². The number of aromatic carboxylic acids is 1. The molecule has 0 saturated carbocycles. The van der Waals surface area contributed by atoms with Gasteiger partial charge in [-0.25, -0.2) is 4.39 Å². The number of carbonyl (C=O) groups excluding carboxylic acids is 2. The number of hydrogen-bond donors (Lipinski definition) is 1. The van der Waals surface area contributed by atoms with Crippen LogP contribution in [0.5, 0.6) is 5.75 Å². The molecule has 0 unspecified atom stereocenters. The molecule has 10 heteroatoms. The number of rotatable bonds is 5. The van der Waals surface area contributed by atoms with Gasteiger partial charge in [0.05, 0.1) is 24.3 Å². The van der Waals surface area contributed by atoms with Crippen LogP contribution in [0.3, 0.4) is 0 Å². The number of methoxy groups -OCH3 is 1. The second-order valence-electron chi connectivity index (χ2n) is 5.47. The zero-order valence-corrected chi connectivity index (χ0v) is 14.3. The lowest BCUT2D eigenvalue weighted by Crippen LogP contribution is -2.25. The van der Waals surface area contributed by atoms with E-state index in [4.69, 9.17) is 10.00 Å². The molecule has 9 nitrogen and oxygen atoms in total. The van der Waals surface area contributed by atoms with E-state index >= 15 is 0 Å². The number of anilines is 1. The fourth-order valence-corrected chi connectivity index (χ4v) is 2.36. The van der Waals surface area contributed by atoms with Crippen molar-refractivity contribution in [2.75, 3.05) is 12.4 Å². The van der Waals surface area contributed by atoms with E-state index < -0.39 is 23.3 Å². The van der Waals surface area contributed by atoms with Crippen LogP contribution in [0, 0.1) is 17.1 Å². The Hall–Kier alpha value is -4.26. The second kappa shape index (κ2) is 7.55. The highest BCUT2D eigenvalue weighted by Crippen LogP contribution is 2.26. The molecule has 140 valence electrons. The summed E-state index contributed by atoms with van der Waals surface area (Å²) < 4.78 is 20.1. The average Bonchev–Trinajstić information content (AvgIpc) is 3.17. The average molecular weight is 380 g/mol. The zero-order valence-electron chi connectivity index (χ0n) is 14.3. The molecule has 2 aromatic heterocycles. The summed E-state index contributed by atoms with van der Waals surface area (Å²) in [7, 11) is 1.18. The molecule has 0 bridgehead atoms. The standard InChI is InChI=1S/C18H12FN5O4/c1-28-15-6-11(18(26)27)14(7-12(15)19)21-17(25)13-2-3-16(23-22-13)24-5-4-10(8-20)9-24/h2-7,9H,1H3,(H,21,25)(H,26,27)/p-1. The summed E-state index contributed by atoms with van der Waals surface area (Å²) in [5.41, 5.74) is -0.456. The quantitative estimate of drug-likeness (QED) is 0.695. The van der Waals surface area contributed by atoms with Crippen LogP contribution in [0.4, 0.5) is 10.1 Å². The Morgan fingerprint density at radius 2 is 2.07 bits per heavy atom. The van der Waals surface area contributed by atoms with E-state index in [1.165, 1.54) is 25.4 Å². The lowest BCUT2D eigenvalue weighted by Gasteiger charge is -2.14. The van der Waals surface area contributed by atoms with Crippen LogP contribution in [0.1, 0.15) is 26.4 Å². The molecule has 1 aromatic carbocycles. The number of aromatic nitrogens is 3. The summed E-state index contributed by atoms with van der Waals surface area (Å²) in [5, 5.41) is 30.0. The number of nitrogens with one attached hydrogen (secondary N) is 1. The Bertz CT molecular complexity index is 1100. The first-order valence-corrected chi connectivity index (χ1v) is 7.75. The molecule has 1 N–H and O–H groups in total. The van der Waals surface area contributed by atoms with Gasteiger partial charge in [0.25, 0.3) is 5.91 Å². The molecule has 0 saturated heterocycles. The van der Waals surface area contributed by atoms with Crippen molar-refractivity contribution in [1.82, 2.24) is 14.8 Å². The lowest BCUT2D eigenvalue weighted by atomic mass is 10.1. The molecule has 0 radical (unpaired) electrons. The molecule has 0 aliphatic heterocycles. The van der Waals surface area contributed by atoms with Crippen molar-refractivity contribution in [2.45, 2.75) is 0 Å². The van der Waals surface area contributed by atoms with E-state index in [-0.39, 0.29) is 17.1 Å². The fraction of sp³-hybridized carbons (Fsp3) is 0.0556. The zero-order chi connectivity index (χ0) is 20.3. The Morgan fingerprint density at radius 1 is 1.29 bits per heavy atom. The van der Waals surface area contributed by atoms with Gasteiger partial charge in [0.15, 0.2) is 23.1 Å². The van der Waals surface area contributed by atoms with Crippen molar-refractivity contribution >= 4 is 17.6 Å². The number of hydrogen-bond acceptors (Lipinski definition) is 7. The number of amides is 1. The van der Waals surface area contributed by atoms with E-state index in [1.807, 2.05) is 6.07 Å². The van der Waals surface area contributed by atoms with Crippen LogP contribution in [-0.4, -0.2) is 33.8 Å². The maximum atomic E-state index is 13.9. The first-order valence-electron chi connectivity index (χ1n) is 7.75. The minimum Gasteiger partial charge on any atom is -0.545 e. The normalized spacial score (nSPS) is 10.2. The second-order valence-corrected chi connectivity index (χ2v) is 5.47. The van der Waals surface area contributed by atoms with Gasteiger partial charge in [-0.2, -0.15) is 5.26 Å². The predicted octanol–water partition coefficient (Wildman–Crippen LogP) is 0.902. The maximum absolute atomic E-state index is 13.9. The highest BCUT2D eigenvalue weighted by atomic mass is 19.1. The van der Waals surface area contributed by atoms with E-state index in [1.54, 1.807) is 16.8 Å². The Labute approximate surface area is 157 Å². The summed E-state index contributed by atoms with van der Waals surface area (Å²) >= 11 is 0. The molecule has 3 rings (SSSR count). The van der Waals surface area contributed by atoms with Gasteiger partial charge >= 0.3 is 0 Å². The molecular formula is C18H11FN5O4-. The first kappa shape index (κ1) is 18.5. The molecule has 0 aliphatic carbocycles. The SMILES string of the molecule is COc1cc(C(=O)[O-])c(NC(=O)c2ccc(-n3ccc(C#N)c3)nn2)cc1F. The third-order valence-corrected chi connectivity index (χ3v) is 3.73. The minimum absolute atomic E-state index is 0.128. The summed E-state index contributed by atoms with van der Waals surface area (Å²) in [6.07, 6.45) is 3.14. The van der Waals surface area contributed by atoms with E-state index in [2.05, 4.69) is 15.5 Å². The summed E-state index contributed by atoms with van der Waals surface area (Å²) in [6, 6.07) is 8.12. The number of nitriles is 1. The van der Waals surface area contributed by atoms with Crippen LogP contribution in [-0.2, 0) is 0 Å². The topological polar surface area (TPSA) is 133 Å². The predicted molar refractivity (Wildman–Crippen MR) is 91.3 cm³/mol. The van der Waals surface area contributed by atoms with Gasteiger partial charge in [-0.15, -0.1) is 10.2 Å². The highest BCUT2D eigenvalue weighted by molar-refractivity contribution is 6.06. The molecule has 1 amide bonds. The van der Waals surface area contributed by atoms with E-state index in [0.717, 1.165) is 12.1 Å². The van der Waals surface area contributed by atoms with Crippen molar-refractivity contribution < 1.29 is 23.8 Å². The van der Waals surface area contributed by atoms with Crippen LogP contribution in [0.2, 0.25) is 0 Å². The number of carboxylic acids is 1. The van der Waals surface area contributed by atoms with E-state index in [0.29, 0.717) is 11.4 Å². The third-order valence-electron chi connectivity index (χ3n) is 3.73. The Balaban J connectivity index is 1.84. The Kier molecular flexibility index (Phi) is 4.99. The highest BCUT2D eigenvalue weighted by Gasteiger charge is 2.16. The smallest absolute Gasteiger partial charge is 0.276 e. The van der Waals surface area contributed by atoms with Gasteiger partial charge in [0.1, 0.15) is 6.07 Å². The van der Waals surface area contributed by atoms with Gasteiger partial charge in [-0.1, -0.05) is 0 Å². The maximum Gasteiger partial charge on any atom is 0.276 e. The van der Waals surface area contributed by atoms with E-state index in [9.17, 15) is 19.1 Å². The molecule has 0 spiro atoms. The van der Waals surface area contributed by atoms with Gasteiger partial charge in [0, 0.05) is 24.0 Å². The number of carboxylic acid groups (broad SMARTS) is 1. The Morgan fingerprint density at radius 3 is 2.64 bits per heavy atom. The van der Waals surface area contributed by atoms with Crippen LogP contribution < -0.4 is 15.2 Å². The molecule has 28 heavy (non-hydrogen) atoms. The number of benzene rings is 1. The third kappa shape index (κ3) is 3.63. The molecule has 0 aliphatic rings. The van der Waals surface area contributed by atoms with Crippen molar-refractivity contribution in [3.8, 4) is 17.6 Å². The number of nitrogens with zero attached hydrogens (tertiary/aromatic N) is 4. The molecule has 3 aromatic rings. The lowest BCUT2D eigenvalue weighted by molar-refractivity contribution is -0.254. The molecule has 0 fully saturated rings.